The van der Waals surface area contributed by atoms with E-state index in [0.717, 1.165) is 11.4 Å². The number of nitrogens with zero attached hydrogens (tertiary/aromatic N) is 4. The average molecular weight is 261 g/mol. The number of rotatable bonds is 1. The number of benzene rings is 1. The van der Waals surface area contributed by atoms with Gasteiger partial charge in [-0.3, -0.25) is 0 Å². The Kier molecular flexibility index (Phi) is 3.10. The van der Waals surface area contributed by atoms with Gasteiger partial charge in [0, 0.05) is 10.4 Å². The lowest BCUT2D eigenvalue weighted by atomic mass is 9.90. The molecule has 0 saturated heterocycles. The Bertz CT molecular complexity index is 599. The van der Waals surface area contributed by atoms with Gasteiger partial charge in [0.05, 0.1) is 11.4 Å². The molecule has 1 heterocycles. The predicted molar refractivity (Wildman–Crippen MR) is 69.8 cm³/mol. The summed E-state index contributed by atoms with van der Waals surface area (Å²) in [5, 5.41) is 17.7. The number of halogens is 1. The minimum Gasteiger partial charge on any atom is -0.216 e. The molecule has 0 amide bonds. The molecule has 0 saturated carbocycles. The van der Waals surface area contributed by atoms with E-state index in [0.29, 0.717) is 10.7 Å². The Morgan fingerprint density at radius 1 is 1.22 bits per heavy atom. The van der Waals surface area contributed by atoms with Crippen molar-refractivity contribution in [2.24, 2.45) is 0 Å². The van der Waals surface area contributed by atoms with Gasteiger partial charge >= 0.3 is 0 Å². The third-order valence-electron chi connectivity index (χ3n) is 2.56. The van der Waals surface area contributed by atoms with Crippen LogP contribution in [0.4, 0.5) is 0 Å². The molecule has 1 aromatic heterocycles. The Morgan fingerprint density at radius 2 is 1.83 bits per heavy atom. The minimum absolute atomic E-state index is 0.214. The Hall–Kier alpha value is -1.86. The van der Waals surface area contributed by atoms with Gasteiger partial charge in [-0.05, 0) is 24.3 Å². The first kappa shape index (κ1) is 12.6. The van der Waals surface area contributed by atoms with Crippen molar-refractivity contribution in [1.82, 2.24) is 15.0 Å². The summed E-state index contributed by atoms with van der Waals surface area (Å²) in [4.78, 5) is 0. The SMILES string of the molecule is CC(C)(C)c1c(C#N)nnn1-c1ccc(Cl)cc1. The summed E-state index contributed by atoms with van der Waals surface area (Å²) in [7, 11) is 0. The molecule has 0 bridgehead atoms. The third kappa shape index (κ3) is 2.22. The summed E-state index contributed by atoms with van der Waals surface area (Å²) < 4.78 is 1.69. The molecule has 4 nitrogen and oxygen atoms in total. The predicted octanol–water partition coefficient (Wildman–Crippen LogP) is 3.09. The quantitative estimate of drug-likeness (QED) is 0.792. The van der Waals surface area contributed by atoms with Crippen molar-refractivity contribution in [3.63, 3.8) is 0 Å². The molecule has 0 radical (unpaired) electrons. The first-order valence-electron chi connectivity index (χ1n) is 5.55. The molecule has 0 aliphatic rings. The maximum atomic E-state index is 9.10. The Balaban J connectivity index is 2.63. The highest BCUT2D eigenvalue weighted by Gasteiger charge is 2.26. The summed E-state index contributed by atoms with van der Waals surface area (Å²) >= 11 is 5.86. The molecule has 92 valence electrons. The van der Waals surface area contributed by atoms with E-state index in [1.807, 2.05) is 32.9 Å². The molecule has 18 heavy (non-hydrogen) atoms. The van der Waals surface area contributed by atoms with Crippen LogP contribution in [0.5, 0.6) is 0 Å². The maximum Gasteiger partial charge on any atom is 0.186 e. The highest BCUT2D eigenvalue weighted by atomic mass is 35.5. The van der Waals surface area contributed by atoms with E-state index in [1.54, 1.807) is 16.8 Å². The van der Waals surface area contributed by atoms with Crippen LogP contribution in [-0.2, 0) is 5.41 Å². The topological polar surface area (TPSA) is 54.5 Å². The molecule has 0 fully saturated rings. The van der Waals surface area contributed by atoms with Gasteiger partial charge in [-0.25, -0.2) is 4.68 Å². The molecule has 0 N–H and O–H groups in total. The summed E-state index contributed by atoms with van der Waals surface area (Å²) in [5.41, 5.74) is 1.79. The van der Waals surface area contributed by atoms with Crippen LogP contribution in [0.3, 0.4) is 0 Å². The third-order valence-corrected chi connectivity index (χ3v) is 2.81. The standard InChI is InChI=1S/C13H13ClN4/c1-13(2,3)12-11(8-15)16-17-18(12)10-6-4-9(14)5-7-10/h4-7H,1-3H3. The lowest BCUT2D eigenvalue weighted by Crippen LogP contribution is -2.18. The number of hydrogen-bond acceptors (Lipinski definition) is 3. The van der Waals surface area contributed by atoms with E-state index in [2.05, 4.69) is 16.4 Å². The minimum atomic E-state index is -0.214. The molecular formula is C13H13ClN4. The average Bonchev–Trinajstić information content (AvgIpc) is 2.73. The molecule has 0 atom stereocenters. The van der Waals surface area contributed by atoms with Crippen LogP contribution in [0.2, 0.25) is 5.02 Å². The fraction of sp³-hybridized carbons (Fsp3) is 0.308. The van der Waals surface area contributed by atoms with Crippen LogP contribution >= 0.6 is 11.6 Å². The van der Waals surface area contributed by atoms with Crippen molar-refractivity contribution in [1.29, 1.82) is 5.26 Å². The van der Waals surface area contributed by atoms with Crippen LogP contribution in [-0.4, -0.2) is 15.0 Å². The summed E-state index contributed by atoms with van der Waals surface area (Å²) in [6, 6.07) is 9.37. The molecule has 1 aromatic carbocycles. The zero-order chi connectivity index (χ0) is 13.3. The number of aromatic nitrogens is 3. The van der Waals surface area contributed by atoms with E-state index in [4.69, 9.17) is 16.9 Å². The molecule has 0 unspecified atom stereocenters. The second-order valence-electron chi connectivity index (χ2n) is 5.04. The van der Waals surface area contributed by atoms with E-state index in [-0.39, 0.29) is 5.41 Å². The van der Waals surface area contributed by atoms with Crippen molar-refractivity contribution < 1.29 is 0 Å². The van der Waals surface area contributed by atoms with E-state index in [1.165, 1.54) is 0 Å². The monoisotopic (exact) mass is 260 g/mol. The highest BCUT2D eigenvalue weighted by Crippen LogP contribution is 2.26. The second-order valence-corrected chi connectivity index (χ2v) is 5.47. The molecule has 5 heteroatoms. The largest absolute Gasteiger partial charge is 0.216 e. The fourth-order valence-corrected chi connectivity index (χ4v) is 1.92. The van der Waals surface area contributed by atoms with Gasteiger partial charge in [0.15, 0.2) is 5.69 Å². The normalized spacial score (nSPS) is 11.3. The Labute approximate surface area is 111 Å². The molecule has 2 aromatic rings. The molecular weight excluding hydrogens is 248 g/mol. The van der Waals surface area contributed by atoms with Crippen LogP contribution in [0.15, 0.2) is 24.3 Å². The zero-order valence-electron chi connectivity index (χ0n) is 10.5. The van der Waals surface area contributed by atoms with E-state index in [9.17, 15) is 0 Å². The highest BCUT2D eigenvalue weighted by molar-refractivity contribution is 6.30. The molecule has 0 aliphatic carbocycles. The number of nitriles is 1. The number of hydrogen-bond donors (Lipinski definition) is 0. The first-order chi connectivity index (χ1) is 8.43. The van der Waals surface area contributed by atoms with Crippen molar-refractivity contribution in [2.45, 2.75) is 26.2 Å². The van der Waals surface area contributed by atoms with E-state index >= 15 is 0 Å². The molecule has 2 rings (SSSR count). The second kappa shape index (κ2) is 4.43. The molecule has 0 spiro atoms. The summed E-state index contributed by atoms with van der Waals surface area (Å²) in [5.74, 6) is 0. The van der Waals surface area contributed by atoms with Crippen LogP contribution in [0.1, 0.15) is 32.2 Å². The van der Waals surface area contributed by atoms with Crippen molar-refractivity contribution in [2.75, 3.05) is 0 Å². The lowest BCUT2D eigenvalue weighted by Gasteiger charge is -2.19. The first-order valence-corrected chi connectivity index (χ1v) is 5.93. The van der Waals surface area contributed by atoms with Gasteiger partial charge in [-0.2, -0.15) is 5.26 Å². The van der Waals surface area contributed by atoms with Crippen molar-refractivity contribution in [3.8, 4) is 11.8 Å². The Morgan fingerprint density at radius 3 is 2.33 bits per heavy atom. The fourth-order valence-electron chi connectivity index (χ4n) is 1.79. The van der Waals surface area contributed by atoms with Crippen LogP contribution in [0, 0.1) is 11.3 Å². The zero-order valence-corrected chi connectivity index (χ0v) is 11.2. The van der Waals surface area contributed by atoms with Gasteiger partial charge in [0.1, 0.15) is 6.07 Å². The van der Waals surface area contributed by atoms with Gasteiger partial charge in [0.25, 0.3) is 0 Å². The van der Waals surface area contributed by atoms with Crippen molar-refractivity contribution >= 4 is 11.6 Å². The summed E-state index contributed by atoms with van der Waals surface area (Å²) in [6.07, 6.45) is 0. The van der Waals surface area contributed by atoms with Gasteiger partial charge in [-0.1, -0.05) is 37.6 Å². The smallest absolute Gasteiger partial charge is 0.186 e. The van der Waals surface area contributed by atoms with Gasteiger partial charge < -0.3 is 0 Å². The summed E-state index contributed by atoms with van der Waals surface area (Å²) in [6.45, 7) is 6.08. The van der Waals surface area contributed by atoms with Crippen molar-refractivity contribution in [3.05, 3.63) is 40.7 Å². The van der Waals surface area contributed by atoms with Gasteiger partial charge in [-0.15, -0.1) is 5.10 Å². The van der Waals surface area contributed by atoms with Gasteiger partial charge in [0.2, 0.25) is 0 Å². The van der Waals surface area contributed by atoms with E-state index < -0.39 is 0 Å². The van der Waals surface area contributed by atoms with Crippen LogP contribution in [0.25, 0.3) is 5.69 Å². The lowest BCUT2D eigenvalue weighted by molar-refractivity contribution is 0.541. The maximum absolute atomic E-state index is 9.10. The van der Waals surface area contributed by atoms with Crippen LogP contribution < -0.4 is 0 Å². The molecule has 0 aliphatic heterocycles.